The molecule has 6 heteroatoms. The summed E-state index contributed by atoms with van der Waals surface area (Å²) < 4.78 is 10.7. The van der Waals surface area contributed by atoms with E-state index in [4.69, 9.17) is 14.3 Å². The SMILES string of the molecule is COCc1c(C(=O)NCC(C)C(=O)O)oc2ccccc12. The Hall–Kier alpha value is -2.34. The third-order valence-electron chi connectivity index (χ3n) is 3.18. The number of aliphatic carboxylic acids is 1. The fraction of sp³-hybridized carbons (Fsp3) is 0.333. The summed E-state index contributed by atoms with van der Waals surface area (Å²) in [5.41, 5.74) is 1.26. The van der Waals surface area contributed by atoms with Gasteiger partial charge in [0.05, 0.1) is 12.5 Å². The maximum Gasteiger partial charge on any atom is 0.308 e. The molecule has 2 aromatic rings. The predicted octanol–water partition coefficient (Wildman–Crippen LogP) is 2.03. The second kappa shape index (κ2) is 6.41. The highest BCUT2D eigenvalue weighted by atomic mass is 16.5. The quantitative estimate of drug-likeness (QED) is 0.850. The van der Waals surface area contributed by atoms with E-state index in [1.807, 2.05) is 18.2 Å². The number of ether oxygens (including phenoxy) is 1. The molecule has 0 spiro atoms. The first-order valence-electron chi connectivity index (χ1n) is 6.55. The van der Waals surface area contributed by atoms with E-state index >= 15 is 0 Å². The molecule has 2 N–H and O–H groups in total. The van der Waals surface area contributed by atoms with Gasteiger partial charge in [0.2, 0.25) is 0 Å². The molecule has 21 heavy (non-hydrogen) atoms. The molecule has 0 saturated heterocycles. The normalized spacial score (nSPS) is 12.3. The van der Waals surface area contributed by atoms with Gasteiger partial charge in [-0.25, -0.2) is 0 Å². The van der Waals surface area contributed by atoms with Crippen molar-refractivity contribution < 1.29 is 23.8 Å². The molecule has 0 radical (unpaired) electrons. The summed E-state index contributed by atoms with van der Waals surface area (Å²) in [6, 6.07) is 7.29. The molecule has 6 nitrogen and oxygen atoms in total. The number of carboxylic acids is 1. The fourth-order valence-electron chi connectivity index (χ4n) is 1.98. The van der Waals surface area contributed by atoms with E-state index < -0.39 is 17.8 Å². The van der Waals surface area contributed by atoms with Crippen LogP contribution in [0.4, 0.5) is 0 Å². The second-order valence-corrected chi connectivity index (χ2v) is 4.79. The summed E-state index contributed by atoms with van der Waals surface area (Å²) >= 11 is 0. The van der Waals surface area contributed by atoms with E-state index in [9.17, 15) is 9.59 Å². The minimum absolute atomic E-state index is 0.0393. The number of benzene rings is 1. The van der Waals surface area contributed by atoms with Crippen molar-refractivity contribution in [2.75, 3.05) is 13.7 Å². The summed E-state index contributed by atoms with van der Waals surface area (Å²) in [4.78, 5) is 22.9. The van der Waals surface area contributed by atoms with Crippen LogP contribution in [-0.4, -0.2) is 30.6 Å². The number of furan rings is 1. The van der Waals surface area contributed by atoms with Gasteiger partial charge in [0.1, 0.15) is 5.58 Å². The van der Waals surface area contributed by atoms with E-state index in [1.165, 1.54) is 14.0 Å². The Morgan fingerprint density at radius 1 is 1.38 bits per heavy atom. The van der Waals surface area contributed by atoms with Gasteiger partial charge in [-0.1, -0.05) is 25.1 Å². The summed E-state index contributed by atoms with van der Waals surface area (Å²) in [5.74, 6) is -1.90. The highest BCUT2D eigenvalue weighted by Gasteiger charge is 2.21. The fourth-order valence-corrected chi connectivity index (χ4v) is 1.98. The van der Waals surface area contributed by atoms with Crippen LogP contribution in [0.5, 0.6) is 0 Å². The van der Waals surface area contributed by atoms with E-state index in [-0.39, 0.29) is 18.9 Å². The molecule has 1 aromatic carbocycles. The molecule has 1 heterocycles. The van der Waals surface area contributed by atoms with Crippen molar-refractivity contribution in [1.82, 2.24) is 5.32 Å². The highest BCUT2D eigenvalue weighted by Crippen LogP contribution is 2.26. The minimum atomic E-state index is -0.961. The number of carboxylic acid groups (broad SMARTS) is 1. The van der Waals surface area contributed by atoms with Crippen LogP contribution in [0.25, 0.3) is 11.0 Å². The second-order valence-electron chi connectivity index (χ2n) is 4.79. The Bertz CT molecular complexity index is 661. The predicted molar refractivity (Wildman–Crippen MR) is 76.1 cm³/mol. The van der Waals surface area contributed by atoms with Crippen LogP contribution in [0.1, 0.15) is 23.0 Å². The van der Waals surface area contributed by atoms with Gasteiger partial charge < -0.3 is 19.6 Å². The summed E-state index contributed by atoms with van der Waals surface area (Å²) in [6.45, 7) is 1.81. The van der Waals surface area contributed by atoms with Crippen LogP contribution in [0.15, 0.2) is 28.7 Å². The van der Waals surface area contributed by atoms with E-state index in [2.05, 4.69) is 5.32 Å². The van der Waals surface area contributed by atoms with Crippen molar-refractivity contribution >= 4 is 22.8 Å². The highest BCUT2D eigenvalue weighted by molar-refractivity contribution is 5.99. The van der Waals surface area contributed by atoms with Crippen LogP contribution in [0, 0.1) is 5.92 Å². The lowest BCUT2D eigenvalue weighted by Gasteiger charge is -2.08. The molecule has 1 amide bonds. The monoisotopic (exact) mass is 291 g/mol. The van der Waals surface area contributed by atoms with Crippen molar-refractivity contribution in [2.24, 2.45) is 5.92 Å². The summed E-state index contributed by atoms with van der Waals surface area (Å²) in [6.07, 6.45) is 0. The van der Waals surface area contributed by atoms with Gasteiger partial charge in [0.15, 0.2) is 5.76 Å². The number of carbonyl (C=O) groups is 2. The van der Waals surface area contributed by atoms with Crippen molar-refractivity contribution in [3.63, 3.8) is 0 Å². The van der Waals surface area contributed by atoms with Crippen molar-refractivity contribution in [3.05, 3.63) is 35.6 Å². The Kier molecular flexibility index (Phi) is 4.59. The molecule has 0 aliphatic carbocycles. The number of hydrogen-bond acceptors (Lipinski definition) is 4. The van der Waals surface area contributed by atoms with E-state index in [0.29, 0.717) is 11.1 Å². The maximum absolute atomic E-state index is 12.2. The number of nitrogens with one attached hydrogen (secondary N) is 1. The van der Waals surface area contributed by atoms with Crippen molar-refractivity contribution in [3.8, 4) is 0 Å². The zero-order valence-corrected chi connectivity index (χ0v) is 11.9. The molecule has 0 bridgehead atoms. The van der Waals surface area contributed by atoms with Gasteiger partial charge in [-0.2, -0.15) is 0 Å². The summed E-state index contributed by atoms with van der Waals surface area (Å²) in [7, 11) is 1.54. The average molecular weight is 291 g/mol. The molecule has 1 atom stereocenters. The van der Waals surface area contributed by atoms with Gasteiger partial charge in [0.25, 0.3) is 5.91 Å². The molecular weight excluding hydrogens is 274 g/mol. The first-order chi connectivity index (χ1) is 10.0. The van der Waals surface area contributed by atoms with Crippen LogP contribution in [0.2, 0.25) is 0 Å². The van der Waals surface area contributed by atoms with Crippen LogP contribution >= 0.6 is 0 Å². The Balaban J connectivity index is 2.25. The smallest absolute Gasteiger partial charge is 0.308 e. The lowest BCUT2D eigenvalue weighted by atomic mass is 10.1. The first-order valence-corrected chi connectivity index (χ1v) is 6.55. The van der Waals surface area contributed by atoms with Crippen molar-refractivity contribution in [1.29, 1.82) is 0 Å². The Morgan fingerprint density at radius 2 is 2.10 bits per heavy atom. The number of fused-ring (bicyclic) bond motifs is 1. The zero-order valence-electron chi connectivity index (χ0n) is 11.9. The molecule has 0 aliphatic rings. The molecule has 2 rings (SSSR count). The largest absolute Gasteiger partial charge is 0.481 e. The topological polar surface area (TPSA) is 88.8 Å². The standard InChI is InChI=1S/C15H17NO5/c1-9(15(18)19)7-16-14(17)13-11(8-20-2)10-5-3-4-6-12(10)21-13/h3-6,9H,7-8H2,1-2H3,(H,16,17)(H,18,19). The van der Waals surface area contributed by atoms with Gasteiger partial charge in [-0.05, 0) is 6.07 Å². The van der Waals surface area contributed by atoms with Crippen LogP contribution in [-0.2, 0) is 16.1 Å². The number of methoxy groups -OCH3 is 1. The zero-order chi connectivity index (χ0) is 15.4. The van der Waals surface area contributed by atoms with Crippen LogP contribution < -0.4 is 5.32 Å². The molecule has 112 valence electrons. The Labute approximate surface area is 121 Å². The lowest BCUT2D eigenvalue weighted by molar-refractivity contribution is -0.140. The number of rotatable bonds is 6. The van der Waals surface area contributed by atoms with Crippen LogP contribution in [0.3, 0.4) is 0 Å². The number of para-hydroxylation sites is 1. The molecule has 0 saturated carbocycles. The number of carbonyl (C=O) groups excluding carboxylic acids is 1. The first kappa shape index (κ1) is 15.1. The number of amides is 1. The Morgan fingerprint density at radius 3 is 2.76 bits per heavy atom. The van der Waals surface area contributed by atoms with Gasteiger partial charge in [0, 0.05) is 24.6 Å². The lowest BCUT2D eigenvalue weighted by Crippen LogP contribution is -2.31. The molecule has 0 aliphatic heterocycles. The summed E-state index contributed by atoms with van der Waals surface area (Å²) in [5, 5.41) is 12.2. The molecule has 0 fully saturated rings. The molecular formula is C15H17NO5. The van der Waals surface area contributed by atoms with Gasteiger partial charge in [-0.3, -0.25) is 9.59 Å². The van der Waals surface area contributed by atoms with E-state index in [0.717, 1.165) is 5.39 Å². The molecule has 1 unspecified atom stereocenters. The third-order valence-corrected chi connectivity index (χ3v) is 3.18. The minimum Gasteiger partial charge on any atom is -0.481 e. The molecule has 1 aromatic heterocycles. The van der Waals surface area contributed by atoms with Gasteiger partial charge >= 0.3 is 5.97 Å². The van der Waals surface area contributed by atoms with Crippen molar-refractivity contribution in [2.45, 2.75) is 13.5 Å². The van der Waals surface area contributed by atoms with E-state index in [1.54, 1.807) is 6.07 Å². The number of hydrogen-bond donors (Lipinski definition) is 2. The maximum atomic E-state index is 12.2. The average Bonchev–Trinajstić information content (AvgIpc) is 2.84. The van der Waals surface area contributed by atoms with Gasteiger partial charge in [-0.15, -0.1) is 0 Å². The third kappa shape index (κ3) is 3.22.